The third kappa shape index (κ3) is 4.26. The maximum Gasteiger partial charge on any atom is 0.162 e. The fourth-order valence-electron chi connectivity index (χ4n) is 1.80. The number of carbonyl (C=O) groups excluding carboxylic acids is 1. The number of hydrogen-bond donors (Lipinski definition) is 1. The van der Waals surface area contributed by atoms with Crippen molar-refractivity contribution in [2.45, 2.75) is 46.0 Å². The zero-order valence-corrected chi connectivity index (χ0v) is 12.0. The van der Waals surface area contributed by atoms with Gasteiger partial charge in [-0.3, -0.25) is 4.79 Å². The molecule has 0 spiro atoms. The van der Waals surface area contributed by atoms with Crippen LogP contribution in [-0.2, 0) is 5.41 Å². The molecule has 2 nitrogen and oxygen atoms in total. The maximum atomic E-state index is 12.0. The molecule has 0 aromatic heterocycles. The Balaban J connectivity index is 2.65. The Morgan fingerprint density at radius 2 is 1.78 bits per heavy atom. The monoisotopic (exact) mass is 247 g/mol. The maximum absolute atomic E-state index is 12.0. The number of nitrogens with two attached hydrogens (primary N) is 1. The zero-order chi connectivity index (χ0) is 13.8. The van der Waals surface area contributed by atoms with Crippen LogP contribution in [0.15, 0.2) is 24.3 Å². The SMILES string of the molecule is CC(CN)CCC(=O)c1ccc(C(C)(C)C)cc1. The van der Waals surface area contributed by atoms with Gasteiger partial charge >= 0.3 is 0 Å². The second-order valence-corrected chi connectivity index (χ2v) is 6.13. The fourth-order valence-corrected chi connectivity index (χ4v) is 1.80. The molecule has 2 N–H and O–H groups in total. The van der Waals surface area contributed by atoms with Gasteiger partial charge in [-0.25, -0.2) is 0 Å². The summed E-state index contributed by atoms with van der Waals surface area (Å²) in [4.78, 5) is 12.0. The van der Waals surface area contributed by atoms with Gasteiger partial charge in [0.2, 0.25) is 0 Å². The first-order valence-electron chi connectivity index (χ1n) is 6.68. The number of benzene rings is 1. The van der Waals surface area contributed by atoms with Crippen molar-refractivity contribution in [3.63, 3.8) is 0 Å². The summed E-state index contributed by atoms with van der Waals surface area (Å²) in [6, 6.07) is 7.99. The van der Waals surface area contributed by atoms with Crippen LogP contribution in [0.3, 0.4) is 0 Å². The molecule has 0 bridgehead atoms. The van der Waals surface area contributed by atoms with E-state index in [1.54, 1.807) is 0 Å². The van der Waals surface area contributed by atoms with Crippen molar-refractivity contribution in [3.05, 3.63) is 35.4 Å². The minimum Gasteiger partial charge on any atom is -0.330 e. The molecule has 0 aliphatic rings. The van der Waals surface area contributed by atoms with Crippen molar-refractivity contribution in [1.29, 1.82) is 0 Å². The smallest absolute Gasteiger partial charge is 0.162 e. The third-order valence-corrected chi connectivity index (χ3v) is 3.34. The molecular formula is C16H25NO. The Hall–Kier alpha value is -1.15. The van der Waals surface area contributed by atoms with Crippen molar-refractivity contribution in [2.75, 3.05) is 6.54 Å². The molecule has 0 aliphatic heterocycles. The van der Waals surface area contributed by atoms with Gasteiger partial charge in [0, 0.05) is 12.0 Å². The van der Waals surface area contributed by atoms with E-state index in [2.05, 4.69) is 39.8 Å². The summed E-state index contributed by atoms with van der Waals surface area (Å²) in [6.45, 7) is 9.25. The van der Waals surface area contributed by atoms with Gasteiger partial charge in [-0.15, -0.1) is 0 Å². The number of rotatable bonds is 5. The van der Waals surface area contributed by atoms with Crippen molar-refractivity contribution in [2.24, 2.45) is 11.7 Å². The highest BCUT2D eigenvalue weighted by Crippen LogP contribution is 2.22. The average molecular weight is 247 g/mol. The van der Waals surface area contributed by atoms with Crippen molar-refractivity contribution >= 4 is 5.78 Å². The standard InChI is InChI=1S/C16H25NO/c1-12(11-17)5-10-15(18)13-6-8-14(9-7-13)16(2,3)4/h6-9,12H,5,10-11,17H2,1-4H3. The van der Waals surface area contributed by atoms with Crippen LogP contribution >= 0.6 is 0 Å². The second kappa shape index (κ2) is 6.14. The van der Waals surface area contributed by atoms with Gasteiger partial charge in [-0.05, 0) is 29.9 Å². The van der Waals surface area contributed by atoms with Gasteiger partial charge < -0.3 is 5.73 Å². The molecule has 0 heterocycles. The largest absolute Gasteiger partial charge is 0.330 e. The summed E-state index contributed by atoms with van der Waals surface area (Å²) >= 11 is 0. The normalized spacial score (nSPS) is 13.4. The molecule has 0 fully saturated rings. The first kappa shape index (κ1) is 14.9. The van der Waals surface area contributed by atoms with Gasteiger partial charge in [0.25, 0.3) is 0 Å². The fraction of sp³-hybridized carbons (Fsp3) is 0.562. The highest BCUT2D eigenvalue weighted by Gasteiger charge is 2.14. The van der Waals surface area contributed by atoms with Gasteiger partial charge in [0.1, 0.15) is 0 Å². The van der Waals surface area contributed by atoms with E-state index in [1.807, 2.05) is 12.1 Å². The van der Waals surface area contributed by atoms with E-state index >= 15 is 0 Å². The molecule has 2 heteroatoms. The van der Waals surface area contributed by atoms with Crippen LogP contribution < -0.4 is 5.73 Å². The van der Waals surface area contributed by atoms with E-state index in [4.69, 9.17) is 5.73 Å². The predicted molar refractivity (Wildman–Crippen MR) is 76.9 cm³/mol. The van der Waals surface area contributed by atoms with Crippen molar-refractivity contribution in [1.82, 2.24) is 0 Å². The summed E-state index contributed by atoms with van der Waals surface area (Å²) in [5.74, 6) is 0.638. The molecule has 0 aliphatic carbocycles. The zero-order valence-electron chi connectivity index (χ0n) is 12.0. The average Bonchev–Trinajstić information content (AvgIpc) is 2.34. The summed E-state index contributed by atoms with van der Waals surface area (Å²) < 4.78 is 0. The quantitative estimate of drug-likeness (QED) is 0.809. The van der Waals surface area contributed by atoms with Gasteiger partial charge in [0.05, 0.1) is 0 Å². The van der Waals surface area contributed by atoms with Crippen LogP contribution in [0, 0.1) is 5.92 Å². The van der Waals surface area contributed by atoms with E-state index in [9.17, 15) is 4.79 Å². The van der Waals surface area contributed by atoms with Gasteiger partial charge in [-0.2, -0.15) is 0 Å². The predicted octanol–water partition coefficient (Wildman–Crippen LogP) is 3.54. The first-order chi connectivity index (χ1) is 8.34. The molecule has 100 valence electrons. The number of carbonyl (C=O) groups is 1. The molecule has 1 aromatic rings. The molecule has 1 rings (SSSR count). The van der Waals surface area contributed by atoms with E-state index in [1.165, 1.54) is 5.56 Å². The molecule has 18 heavy (non-hydrogen) atoms. The number of ketones is 1. The van der Waals surface area contributed by atoms with E-state index in [0.717, 1.165) is 12.0 Å². The summed E-state index contributed by atoms with van der Waals surface area (Å²) in [6.07, 6.45) is 1.46. The van der Waals surface area contributed by atoms with E-state index < -0.39 is 0 Å². The molecule has 0 radical (unpaired) electrons. The minimum absolute atomic E-state index is 0.135. The molecule has 1 atom stereocenters. The molecule has 0 saturated heterocycles. The highest BCUT2D eigenvalue weighted by molar-refractivity contribution is 5.96. The number of Topliss-reactive ketones (excluding diaryl/α,β-unsaturated/α-hetero) is 1. The van der Waals surface area contributed by atoms with E-state index in [0.29, 0.717) is 18.9 Å². The van der Waals surface area contributed by atoms with Crippen LogP contribution in [-0.4, -0.2) is 12.3 Å². The lowest BCUT2D eigenvalue weighted by Gasteiger charge is -2.19. The summed E-state index contributed by atoms with van der Waals surface area (Å²) in [7, 11) is 0. The lowest BCUT2D eigenvalue weighted by molar-refractivity contribution is 0.0975. The minimum atomic E-state index is 0.135. The Morgan fingerprint density at radius 3 is 2.22 bits per heavy atom. The van der Waals surface area contributed by atoms with Crippen LogP contribution in [0.1, 0.15) is 56.5 Å². The lowest BCUT2D eigenvalue weighted by Crippen LogP contribution is -2.13. The first-order valence-corrected chi connectivity index (χ1v) is 6.68. The van der Waals surface area contributed by atoms with Crippen LogP contribution in [0.2, 0.25) is 0 Å². The van der Waals surface area contributed by atoms with Crippen molar-refractivity contribution in [3.8, 4) is 0 Å². The van der Waals surface area contributed by atoms with Crippen LogP contribution in [0.25, 0.3) is 0 Å². The Labute approximate surface area is 111 Å². The van der Waals surface area contributed by atoms with E-state index in [-0.39, 0.29) is 11.2 Å². The topological polar surface area (TPSA) is 43.1 Å². The van der Waals surface area contributed by atoms with Crippen molar-refractivity contribution < 1.29 is 4.79 Å². The molecule has 1 unspecified atom stereocenters. The Kier molecular flexibility index (Phi) is 5.09. The van der Waals surface area contributed by atoms with Crippen LogP contribution in [0.5, 0.6) is 0 Å². The lowest BCUT2D eigenvalue weighted by atomic mass is 9.86. The molecular weight excluding hydrogens is 222 g/mol. The molecule has 0 amide bonds. The Bertz CT molecular complexity index is 387. The second-order valence-electron chi connectivity index (χ2n) is 6.13. The summed E-state index contributed by atoms with van der Waals surface area (Å²) in [5, 5.41) is 0. The summed E-state index contributed by atoms with van der Waals surface area (Å²) in [5.41, 5.74) is 7.76. The van der Waals surface area contributed by atoms with Gasteiger partial charge in [-0.1, -0.05) is 52.0 Å². The molecule has 0 saturated carbocycles. The van der Waals surface area contributed by atoms with Crippen LogP contribution in [0.4, 0.5) is 0 Å². The van der Waals surface area contributed by atoms with Gasteiger partial charge in [0.15, 0.2) is 5.78 Å². The highest BCUT2D eigenvalue weighted by atomic mass is 16.1. The molecule has 1 aromatic carbocycles. The Morgan fingerprint density at radius 1 is 1.22 bits per heavy atom. The third-order valence-electron chi connectivity index (χ3n) is 3.34. The number of hydrogen-bond acceptors (Lipinski definition) is 2.